The van der Waals surface area contributed by atoms with Gasteiger partial charge in [0.25, 0.3) is 5.91 Å². The van der Waals surface area contributed by atoms with E-state index in [0.717, 1.165) is 72.7 Å². The van der Waals surface area contributed by atoms with Crippen molar-refractivity contribution >= 4 is 28.3 Å². The van der Waals surface area contributed by atoms with E-state index in [9.17, 15) is 4.79 Å². The van der Waals surface area contributed by atoms with Crippen LogP contribution in [0.5, 0.6) is 0 Å². The van der Waals surface area contributed by atoms with Crippen molar-refractivity contribution in [3.63, 3.8) is 0 Å². The summed E-state index contributed by atoms with van der Waals surface area (Å²) in [5.41, 5.74) is 4.22. The van der Waals surface area contributed by atoms with Gasteiger partial charge in [-0.1, -0.05) is 41.7 Å². The van der Waals surface area contributed by atoms with Gasteiger partial charge in [-0.3, -0.25) is 4.79 Å². The number of hydrogen-bond acceptors (Lipinski definition) is 7. The molecule has 5 rings (SSSR count). The second kappa shape index (κ2) is 10.2. The van der Waals surface area contributed by atoms with Crippen LogP contribution in [0, 0.1) is 5.92 Å². The third-order valence-electron chi connectivity index (χ3n) is 5.71. The number of hydrogen-bond donors (Lipinski definition) is 2. The lowest BCUT2D eigenvalue weighted by Crippen LogP contribution is -2.39. The van der Waals surface area contributed by atoms with Gasteiger partial charge in [-0.25, -0.2) is 0 Å². The Morgan fingerprint density at radius 1 is 1.06 bits per heavy atom. The third-order valence-corrected chi connectivity index (χ3v) is 6.69. The van der Waals surface area contributed by atoms with Crippen LogP contribution in [0.2, 0.25) is 0 Å². The molecule has 1 aliphatic heterocycles. The Morgan fingerprint density at radius 2 is 1.91 bits per heavy atom. The molecule has 4 heterocycles. The van der Waals surface area contributed by atoms with Crippen LogP contribution in [0.3, 0.4) is 0 Å². The molecule has 9 heteroatoms. The predicted molar refractivity (Wildman–Crippen MR) is 126 cm³/mol. The quantitative estimate of drug-likeness (QED) is 0.350. The summed E-state index contributed by atoms with van der Waals surface area (Å²) in [6, 6.07) is 14.7. The van der Waals surface area contributed by atoms with Gasteiger partial charge in [0.2, 0.25) is 5.01 Å². The number of aromatic nitrogens is 5. The SMILES string of the molecule is O=C(NCC1COC1)c1nnc(CCCCc2cc3cc(Cc4ccccc4)[nH]c3nn2)s1. The summed E-state index contributed by atoms with van der Waals surface area (Å²) in [6.45, 7) is 2.07. The van der Waals surface area contributed by atoms with E-state index in [4.69, 9.17) is 4.74 Å². The van der Waals surface area contributed by atoms with Gasteiger partial charge in [-0.15, -0.1) is 15.3 Å². The third kappa shape index (κ3) is 5.61. The molecule has 1 saturated heterocycles. The van der Waals surface area contributed by atoms with E-state index in [2.05, 4.69) is 67.1 Å². The molecule has 0 bridgehead atoms. The van der Waals surface area contributed by atoms with Crippen molar-refractivity contribution in [3.8, 4) is 0 Å². The number of amides is 1. The summed E-state index contributed by atoms with van der Waals surface area (Å²) >= 11 is 1.37. The predicted octanol–water partition coefficient (Wildman–Crippen LogP) is 3.34. The minimum absolute atomic E-state index is 0.146. The first-order valence-corrected chi connectivity index (χ1v) is 12.1. The van der Waals surface area contributed by atoms with Crippen LogP contribution < -0.4 is 5.32 Å². The van der Waals surface area contributed by atoms with Crippen molar-refractivity contribution in [2.24, 2.45) is 5.92 Å². The van der Waals surface area contributed by atoms with Crippen LogP contribution in [0.1, 0.15) is 44.6 Å². The summed E-state index contributed by atoms with van der Waals surface area (Å²) in [7, 11) is 0. The summed E-state index contributed by atoms with van der Waals surface area (Å²) in [5.74, 6) is 0.276. The molecule has 3 aromatic heterocycles. The Labute approximate surface area is 195 Å². The van der Waals surface area contributed by atoms with Gasteiger partial charge in [-0.2, -0.15) is 5.10 Å². The number of nitrogens with one attached hydrogen (secondary N) is 2. The number of unbranched alkanes of at least 4 members (excludes halogenated alkanes) is 1. The van der Waals surface area contributed by atoms with Crippen molar-refractivity contribution in [3.05, 3.63) is 69.4 Å². The zero-order valence-corrected chi connectivity index (χ0v) is 19.1. The van der Waals surface area contributed by atoms with E-state index in [1.165, 1.54) is 16.9 Å². The monoisotopic (exact) mass is 462 g/mol. The number of aryl methyl sites for hydroxylation is 2. The molecule has 4 aromatic rings. The Balaban J connectivity index is 1.09. The topological polar surface area (TPSA) is 106 Å². The average molecular weight is 463 g/mol. The second-order valence-electron chi connectivity index (χ2n) is 8.42. The Hall–Kier alpha value is -3.17. The van der Waals surface area contributed by atoms with E-state index in [1.807, 2.05) is 6.07 Å². The van der Waals surface area contributed by atoms with E-state index in [1.54, 1.807) is 0 Å². The van der Waals surface area contributed by atoms with Gasteiger partial charge in [0.15, 0.2) is 5.65 Å². The number of nitrogens with zero attached hydrogens (tertiary/aromatic N) is 4. The maximum Gasteiger partial charge on any atom is 0.282 e. The molecule has 0 atom stereocenters. The maximum atomic E-state index is 12.2. The fraction of sp³-hybridized carbons (Fsp3) is 0.375. The zero-order valence-electron chi connectivity index (χ0n) is 18.3. The first kappa shape index (κ1) is 21.7. The molecule has 1 aromatic carbocycles. The Kier molecular flexibility index (Phi) is 6.68. The van der Waals surface area contributed by atoms with Gasteiger partial charge in [0.05, 0.1) is 18.9 Å². The first-order valence-electron chi connectivity index (χ1n) is 11.3. The minimum atomic E-state index is -0.146. The molecule has 0 unspecified atom stereocenters. The summed E-state index contributed by atoms with van der Waals surface area (Å²) < 4.78 is 5.12. The number of carbonyl (C=O) groups is 1. The number of H-pyrrole nitrogens is 1. The highest BCUT2D eigenvalue weighted by Crippen LogP contribution is 2.18. The molecular weight excluding hydrogens is 436 g/mol. The number of ether oxygens (including phenoxy) is 1. The maximum absolute atomic E-state index is 12.2. The van der Waals surface area contributed by atoms with Gasteiger partial charge >= 0.3 is 0 Å². The van der Waals surface area contributed by atoms with Crippen molar-refractivity contribution in [1.29, 1.82) is 0 Å². The largest absolute Gasteiger partial charge is 0.381 e. The van der Waals surface area contributed by atoms with E-state index < -0.39 is 0 Å². The molecule has 1 aliphatic rings. The number of carbonyl (C=O) groups excluding carboxylic acids is 1. The van der Waals surface area contributed by atoms with E-state index in [0.29, 0.717) is 17.5 Å². The van der Waals surface area contributed by atoms with Crippen molar-refractivity contribution in [2.45, 2.75) is 32.1 Å². The molecule has 2 N–H and O–H groups in total. The van der Waals surface area contributed by atoms with Gasteiger partial charge in [0, 0.05) is 36.4 Å². The highest BCUT2D eigenvalue weighted by atomic mass is 32.1. The van der Waals surface area contributed by atoms with Gasteiger partial charge < -0.3 is 15.0 Å². The lowest BCUT2D eigenvalue weighted by molar-refractivity contribution is -0.0298. The number of benzene rings is 1. The molecule has 1 fully saturated rings. The molecule has 33 heavy (non-hydrogen) atoms. The number of rotatable bonds is 10. The smallest absolute Gasteiger partial charge is 0.282 e. The molecule has 1 amide bonds. The van der Waals surface area contributed by atoms with Crippen LogP contribution in [-0.2, 0) is 24.0 Å². The first-order chi connectivity index (χ1) is 16.2. The van der Waals surface area contributed by atoms with Crippen LogP contribution in [0.25, 0.3) is 11.0 Å². The van der Waals surface area contributed by atoms with Crippen molar-refractivity contribution in [2.75, 3.05) is 19.8 Å². The molecular formula is C24H26N6O2S. The normalized spacial score (nSPS) is 13.8. The van der Waals surface area contributed by atoms with Crippen LogP contribution in [-0.4, -0.2) is 51.0 Å². The van der Waals surface area contributed by atoms with Gasteiger partial charge in [0.1, 0.15) is 5.01 Å². The molecule has 0 radical (unpaired) electrons. The van der Waals surface area contributed by atoms with Crippen LogP contribution in [0.15, 0.2) is 42.5 Å². The fourth-order valence-corrected chi connectivity index (χ4v) is 4.61. The second-order valence-corrected chi connectivity index (χ2v) is 9.48. The fourth-order valence-electron chi connectivity index (χ4n) is 3.81. The van der Waals surface area contributed by atoms with Crippen molar-refractivity contribution in [1.82, 2.24) is 30.7 Å². The van der Waals surface area contributed by atoms with Gasteiger partial charge in [-0.05, 0) is 37.0 Å². The minimum Gasteiger partial charge on any atom is -0.381 e. The lowest BCUT2D eigenvalue weighted by Gasteiger charge is -2.25. The Bertz CT molecular complexity index is 1220. The highest BCUT2D eigenvalue weighted by molar-refractivity contribution is 7.13. The number of fused-ring (bicyclic) bond motifs is 1. The molecule has 0 saturated carbocycles. The molecule has 0 aliphatic carbocycles. The molecule has 170 valence electrons. The average Bonchev–Trinajstić information content (AvgIpc) is 3.42. The van der Waals surface area contributed by atoms with E-state index >= 15 is 0 Å². The zero-order chi connectivity index (χ0) is 22.5. The van der Waals surface area contributed by atoms with Crippen LogP contribution in [0.4, 0.5) is 0 Å². The van der Waals surface area contributed by atoms with E-state index in [-0.39, 0.29) is 5.91 Å². The van der Waals surface area contributed by atoms with Crippen molar-refractivity contribution < 1.29 is 9.53 Å². The summed E-state index contributed by atoms with van der Waals surface area (Å²) in [4.78, 5) is 15.5. The molecule has 8 nitrogen and oxygen atoms in total. The molecule has 0 spiro atoms. The highest BCUT2D eigenvalue weighted by Gasteiger charge is 2.20. The summed E-state index contributed by atoms with van der Waals surface area (Å²) in [5, 5.41) is 22.3. The Morgan fingerprint density at radius 3 is 2.73 bits per heavy atom. The lowest BCUT2D eigenvalue weighted by atomic mass is 10.1. The number of aromatic amines is 1. The standard InChI is InChI=1S/C24H26N6O2S/c31-23(25-13-17-14-32-15-17)24-30-28-21(33-24)9-5-4-8-19-11-18-12-20(26-22(18)29-27-19)10-16-6-2-1-3-7-16/h1-3,6-7,11-12,17H,4-5,8-10,13-15H2,(H,25,31)(H,26,29). The summed E-state index contributed by atoms with van der Waals surface area (Å²) in [6.07, 6.45) is 4.45. The van der Waals surface area contributed by atoms with Crippen LogP contribution >= 0.6 is 11.3 Å².